The third-order valence-electron chi connectivity index (χ3n) is 2.57. The zero-order valence-corrected chi connectivity index (χ0v) is 12.8. The van der Waals surface area contributed by atoms with Crippen molar-refractivity contribution < 1.29 is 9.32 Å². The maximum atomic E-state index is 11.9. The van der Waals surface area contributed by atoms with E-state index in [1.807, 2.05) is 24.3 Å². The molecule has 0 aliphatic heterocycles. The highest BCUT2D eigenvalue weighted by Gasteiger charge is 2.09. The first-order valence-electron chi connectivity index (χ1n) is 6.23. The topological polar surface area (TPSA) is 80.9 Å². The van der Waals surface area contributed by atoms with E-state index in [0.717, 1.165) is 10.2 Å². The molecule has 0 aliphatic rings. The maximum absolute atomic E-state index is 11.9. The van der Waals surface area contributed by atoms with Gasteiger partial charge in [-0.15, -0.1) is 11.8 Å². The highest BCUT2D eigenvalue weighted by Crippen LogP contribution is 2.25. The summed E-state index contributed by atoms with van der Waals surface area (Å²) in [5, 5.41) is 7.21. The molecule has 0 bridgehead atoms. The van der Waals surface area contributed by atoms with E-state index in [-0.39, 0.29) is 5.91 Å². The summed E-state index contributed by atoms with van der Waals surface area (Å²) in [6.45, 7) is 1.74. The van der Waals surface area contributed by atoms with Crippen molar-refractivity contribution in [3.63, 3.8) is 0 Å². The van der Waals surface area contributed by atoms with Gasteiger partial charge >= 0.3 is 0 Å². The molecule has 0 unspecified atom stereocenters. The molecule has 0 saturated heterocycles. The molecule has 3 rings (SSSR count). The van der Waals surface area contributed by atoms with Gasteiger partial charge in [0.05, 0.1) is 21.7 Å². The Kier molecular flexibility index (Phi) is 4.16. The number of hydrogen-bond acceptors (Lipinski definition) is 7. The fourth-order valence-corrected chi connectivity index (χ4v) is 3.26. The standard InChI is InChI=1S/C13H12N4O2S2/c1-8-14-11(17-19-8)6-20-7-12(18)16-13-15-9-4-2-3-5-10(9)21-13/h2-5H,6-7H2,1H3,(H,15,16,18). The second kappa shape index (κ2) is 6.23. The summed E-state index contributed by atoms with van der Waals surface area (Å²) < 4.78 is 5.93. The fourth-order valence-electron chi connectivity index (χ4n) is 1.72. The molecule has 1 amide bonds. The number of thiazole rings is 1. The SMILES string of the molecule is Cc1nc(CSCC(=O)Nc2nc3ccccc3s2)no1. The van der Waals surface area contributed by atoms with Crippen LogP contribution in [0.2, 0.25) is 0 Å². The van der Waals surface area contributed by atoms with Crippen LogP contribution in [0.5, 0.6) is 0 Å². The Hall–Kier alpha value is -1.93. The van der Waals surface area contributed by atoms with E-state index in [0.29, 0.717) is 28.4 Å². The lowest BCUT2D eigenvalue weighted by Crippen LogP contribution is -2.13. The summed E-state index contributed by atoms with van der Waals surface area (Å²) in [5.41, 5.74) is 0.896. The van der Waals surface area contributed by atoms with E-state index in [9.17, 15) is 4.79 Å². The molecule has 0 atom stereocenters. The molecule has 0 saturated carbocycles. The predicted molar refractivity (Wildman–Crippen MR) is 83.4 cm³/mol. The molecular weight excluding hydrogens is 308 g/mol. The molecule has 2 aromatic heterocycles. The Morgan fingerprint density at radius 2 is 2.24 bits per heavy atom. The average molecular weight is 320 g/mol. The summed E-state index contributed by atoms with van der Waals surface area (Å²) in [6.07, 6.45) is 0. The van der Waals surface area contributed by atoms with Crippen molar-refractivity contribution in [1.82, 2.24) is 15.1 Å². The normalized spacial score (nSPS) is 10.9. The zero-order chi connectivity index (χ0) is 14.7. The number of fused-ring (bicyclic) bond motifs is 1. The Bertz CT molecular complexity index is 735. The number of benzene rings is 1. The van der Waals surface area contributed by atoms with Gasteiger partial charge in [-0.3, -0.25) is 4.79 Å². The van der Waals surface area contributed by atoms with Crippen LogP contribution in [-0.4, -0.2) is 26.8 Å². The van der Waals surface area contributed by atoms with Crippen LogP contribution < -0.4 is 5.32 Å². The Labute approximate surface area is 129 Å². The van der Waals surface area contributed by atoms with Crippen molar-refractivity contribution >= 4 is 44.4 Å². The number of carbonyl (C=O) groups is 1. The molecule has 8 heteroatoms. The van der Waals surface area contributed by atoms with Gasteiger partial charge in [-0.1, -0.05) is 28.6 Å². The maximum Gasteiger partial charge on any atom is 0.236 e. The Morgan fingerprint density at radius 1 is 1.38 bits per heavy atom. The number of aryl methyl sites for hydroxylation is 1. The van der Waals surface area contributed by atoms with Crippen molar-refractivity contribution in [3.05, 3.63) is 36.0 Å². The van der Waals surface area contributed by atoms with Gasteiger partial charge in [0.1, 0.15) is 0 Å². The van der Waals surface area contributed by atoms with Crippen LogP contribution in [0.15, 0.2) is 28.8 Å². The first-order chi connectivity index (χ1) is 10.2. The van der Waals surface area contributed by atoms with Gasteiger partial charge in [0.15, 0.2) is 11.0 Å². The van der Waals surface area contributed by atoms with E-state index < -0.39 is 0 Å². The first-order valence-corrected chi connectivity index (χ1v) is 8.20. The molecule has 1 N–H and O–H groups in total. The van der Waals surface area contributed by atoms with Gasteiger partial charge in [0, 0.05) is 6.92 Å². The smallest absolute Gasteiger partial charge is 0.236 e. The van der Waals surface area contributed by atoms with Gasteiger partial charge in [0.2, 0.25) is 11.8 Å². The fraction of sp³-hybridized carbons (Fsp3) is 0.231. The lowest BCUT2D eigenvalue weighted by atomic mass is 10.3. The molecule has 0 radical (unpaired) electrons. The van der Waals surface area contributed by atoms with Crippen LogP contribution in [0.3, 0.4) is 0 Å². The van der Waals surface area contributed by atoms with Crippen LogP contribution in [0, 0.1) is 6.92 Å². The summed E-state index contributed by atoms with van der Waals surface area (Å²) >= 11 is 2.90. The predicted octanol–water partition coefficient (Wildman–Crippen LogP) is 2.86. The monoisotopic (exact) mass is 320 g/mol. The van der Waals surface area contributed by atoms with Gasteiger partial charge in [0.25, 0.3) is 0 Å². The summed E-state index contributed by atoms with van der Waals surface area (Å²) in [7, 11) is 0. The number of rotatable bonds is 5. The largest absolute Gasteiger partial charge is 0.340 e. The Morgan fingerprint density at radius 3 is 3.00 bits per heavy atom. The van der Waals surface area contributed by atoms with E-state index in [4.69, 9.17) is 4.52 Å². The third kappa shape index (κ3) is 3.59. The highest BCUT2D eigenvalue weighted by atomic mass is 32.2. The third-order valence-corrected chi connectivity index (χ3v) is 4.45. The lowest BCUT2D eigenvalue weighted by Gasteiger charge is -1.99. The number of aromatic nitrogens is 3. The molecule has 0 fully saturated rings. The summed E-state index contributed by atoms with van der Waals surface area (Å²) in [4.78, 5) is 20.3. The van der Waals surface area contributed by atoms with Gasteiger partial charge in [-0.2, -0.15) is 4.98 Å². The molecule has 3 aromatic rings. The van der Waals surface area contributed by atoms with Crippen molar-refractivity contribution in [1.29, 1.82) is 0 Å². The van der Waals surface area contributed by atoms with Crippen molar-refractivity contribution in [3.8, 4) is 0 Å². The average Bonchev–Trinajstić information content (AvgIpc) is 3.04. The molecule has 0 spiro atoms. The van der Waals surface area contributed by atoms with Crippen molar-refractivity contribution in [2.75, 3.05) is 11.1 Å². The van der Waals surface area contributed by atoms with Crippen LogP contribution in [0.4, 0.5) is 5.13 Å². The second-order valence-corrected chi connectivity index (χ2v) is 6.27. The number of hydrogen-bond donors (Lipinski definition) is 1. The van der Waals surface area contributed by atoms with Crippen molar-refractivity contribution in [2.45, 2.75) is 12.7 Å². The number of para-hydroxylation sites is 1. The van der Waals surface area contributed by atoms with Crippen LogP contribution in [-0.2, 0) is 10.5 Å². The minimum Gasteiger partial charge on any atom is -0.340 e. The number of nitrogens with zero attached hydrogens (tertiary/aromatic N) is 3. The van der Waals surface area contributed by atoms with E-state index in [1.54, 1.807) is 6.92 Å². The van der Waals surface area contributed by atoms with Gasteiger partial charge in [-0.05, 0) is 12.1 Å². The number of amides is 1. The molecule has 21 heavy (non-hydrogen) atoms. The quantitative estimate of drug-likeness (QED) is 0.778. The summed E-state index contributed by atoms with van der Waals surface area (Å²) in [5.74, 6) is 1.92. The molecule has 1 aromatic carbocycles. The van der Waals surface area contributed by atoms with Crippen LogP contribution in [0.1, 0.15) is 11.7 Å². The molecule has 108 valence electrons. The van der Waals surface area contributed by atoms with Crippen LogP contribution in [0.25, 0.3) is 10.2 Å². The second-order valence-electron chi connectivity index (χ2n) is 4.26. The lowest BCUT2D eigenvalue weighted by molar-refractivity contribution is -0.113. The molecule has 6 nitrogen and oxygen atoms in total. The zero-order valence-electron chi connectivity index (χ0n) is 11.2. The van der Waals surface area contributed by atoms with Gasteiger partial charge < -0.3 is 9.84 Å². The minimum atomic E-state index is -0.0840. The minimum absolute atomic E-state index is 0.0840. The van der Waals surface area contributed by atoms with Crippen LogP contribution >= 0.6 is 23.1 Å². The number of thioether (sulfide) groups is 1. The molecule has 2 heterocycles. The highest BCUT2D eigenvalue weighted by molar-refractivity contribution is 7.99. The van der Waals surface area contributed by atoms with Gasteiger partial charge in [-0.25, -0.2) is 4.98 Å². The molecular formula is C13H12N4O2S2. The Balaban J connectivity index is 1.51. The van der Waals surface area contributed by atoms with E-state index in [1.165, 1.54) is 23.1 Å². The number of nitrogens with one attached hydrogen (secondary N) is 1. The molecule has 0 aliphatic carbocycles. The van der Waals surface area contributed by atoms with E-state index >= 15 is 0 Å². The first kappa shape index (κ1) is 14.0. The number of carbonyl (C=O) groups excluding carboxylic acids is 1. The van der Waals surface area contributed by atoms with E-state index in [2.05, 4.69) is 20.4 Å². The summed E-state index contributed by atoms with van der Waals surface area (Å²) in [6, 6.07) is 7.79. The van der Waals surface area contributed by atoms with Crippen molar-refractivity contribution in [2.24, 2.45) is 0 Å². The number of anilines is 1.